The molecule has 2 rings (SSSR count). The van der Waals surface area contributed by atoms with E-state index >= 15 is 0 Å². The van der Waals surface area contributed by atoms with Gasteiger partial charge >= 0.3 is 17.3 Å². The Hall–Kier alpha value is -2.90. The molecule has 0 radical (unpaired) electrons. The number of ether oxygens (including phenoxy) is 2. The zero-order valence-electron chi connectivity index (χ0n) is 12.7. The summed E-state index contributed by atoms with van der Waals surface area (Å²) in [5.41, 5.74) is -0.194. The third-order valence-corrected chi connectivity index (χ3v) is 3.04. The van der Waals surface area contributed by atoms with E-state index in [0.29, 0.717) is 17.4 Å². The number of nitrogens with zero attached hydrogens (tertiary/aromatic N) is 1. The minimum absolute atomic E-state index is 0.150. The Bertz CT molecular complexity index is 809. The molecule has 0 bridgehead atoms. The SMILES string of the molecule is CCCOC(=O)COc1cc2oc(=O)cc(C)c2cc1[N+](=O)[O-]. The van der Waals surface area contributed by atoms with Crippen molar-refractivity contribution in [2.45, 2.75) is 20.3 Å². The van der Waals surface area contributed by atoms with Crippen molar-refractivity contribution in [1.82, 2.24) is 0 Å². The molecule has 1 aromatic carbocycles. The van der Waals surface area contributed by atoms with Gasteiger partial charge in [-0.2, -0.15) is 0 Å². The van der Waals surface area contributed by atoms with Crippen LogP contribution in [-0.2, 0) is 9.53 Å². The second-order valence-corrected chi connectivity index (χ2v) is 4.83. The number of benzene rings is 1. The first-order valence-corrected chi connectivity index (χ1v) is 6.93. The number of nitro groups is 1. The Morgan fingerprint density at radius 3 is 2.74 bits per heavy atom. The maximum Gasteiger partial charge on any atom is 0.344 e. The van der Waals surface area contributed by atoms with Gasteiger partial charge in [-0.1, -0.05) is 6.92 Å². The van der Waals surface area contributed by atoms with Gasteiger partial charge in [0, 0.05) is 23.6 Å². The fourth-order valence-electron chi connectivity index (χ4n) is 1.99. The summed E-state index contributed by atoms with van der Waals surface area (Å²) in [6.45, 7) is 3.26. The van der Waals surface area contributed by atoms with Crippen LogP contribution in [0.25, 0.3) is 11.0 Å². The van der Waals surface area contributed by atoms with E-state index in [0.717, 1.165) is 0 Å². The van der Waals surface area contributed by atoms with Crippen LogP contribution in [0.1, 0.15) is 18.9 Å². The Balaban J connectivity index is 2.37. The molecule has 0 spiro atoms. The molecule has 8 nitrogen and oxygen atoms in total. The molecule has 0 aliphatic rings. The molecular formula is C15H15NO7. The lowest BCUT2D eigenvalue weighted by Crippen LogP contribution is -2.15. The van der Waals surface area contributed by atoms with Crippen LogP contribution in [0, 0.1) is 17.0 Å². The first-order chi connectivity index (χ1) is 10.9. The highest BCUT2D eigenvalue weighted by Crippen LogP contribution is 2.32. The molecule has 8 heteroatoms. The number of aryl methyl sites for hydroxylation is 1. The number of nitro benzene ring substituents is 1. The molecule has 0 fully saturated rings. The summed E-state index contributed by atoms with van der Waals surface area (Å²) in [4.78, 5) is 33.4. The highest BCUT2D eigenvalue weighted by Gasteiger charge is 2.20. The van der Waals surface area contributed by atoms with Crippen molar-refractivity contribution in [2.75, 3.05) is 13.2 Å². The number of hydrogen-bond donors (Lipinski definition) is 0. The van der Waals surface area contributed by atoms with Crippen LogP contribution in [0.4, 0.5) is 5.69 Å². The van der Waals surface area contributed by atoms with Crippen LogP contribution in [-0.4, -0.2) is 24.1 Å². The normalized spacial score (nSPS) is 10.5. The third kappa shape index (κ3) is 3.85. The van der Waals surface area contributed by atoms with E-state index in [4.69, 9.17) is 13.9 Å². The lowest BCUT2D eigenvalue weighted by atomic mass is 10.1. The number of carbonyl (C=O) groups is 1. The van der Waals surface area contributed by atoms with Gasteiger partial charge in [-0.05, 0) is 18.9 Å². The predicted molar refractivity (Wildman–Crippen MR) is 80.6 cm³/mol. The molecule has 0 amide bonds. The van der Waals surface area contributed by atoms with E-state index in [1.807, 2.05) is 6.92 Å². The molecule has 1 aromatic heterocycles. The Morgan fingerprint density at radius 2 is 2.09 bits per heavy atom. The van der Waals surface area contributed by atoms with E-state index < -0.39 is 23.1 Å². The van der Waals surface area contributed by atoms with Crippen LogP contribution >= 0.6 is 0 Å². The number of esters is 1. The second-order valence-electron chi connectivity index (χ2n) is 4.83. The number of hydrogen-bond acceptors (Lipinski definition) is 7. The van der Waals surface area contributed by atoms with Gasteiger partial charge in [0.05, 0.1) is 11.5 Å². The summed E-state index contributed by atoms with van der Waals surface area (Å²) in [6.07, 6.45) is 0.659. The molecule has 0 saturated heterocycles. The third-order valence-electron chi connectivity index (χ3n) is 3.04. The van der Waals surface area contributed by atoms with Crippen LogP contribution in [0.2, 0.25) is 0 Å². The summed E-state index contributed by atoms with van der Waals surface area (Å²) in [6, 6.07) is 3.73. The first-order valence-electron chi connectivity index (χ1n) is 6.93. The zero-order chi connectivity index (χ0) is 17.0. The van der Waals surface area contributed by atoms with Crippen molar-refractivity contribution in [3.05, 3.63) is 44.3 Å². The molecule has 0 N–H and O–H groups in total. The van der Waals surface area contributed by atoms with Crippen LogP contribution in [0.3, 0.4) is 0 Å². The van der Waals surface area contributed by atoms with Crippen LogP contribution in [0.5, 0.6) is 5.75 Å². The van der Waals surface area contributed by atoms with Gasteiger partial charge in [0.25, 0.3) is 0 Å². The fourth-order valence-corrected chi connectivity index (χ4v) is 1.99. The summed E-state index contributed by atoms with van der Waals surface area (Å²) >= 11 is 0. The Kier molecular flexibility index (Phi) is 4.95. The molecule has 0 aliphatic heterocycles. The van der Waals surface area contributed by atoms with E-state index in [-0.39, 0.29) is 23.6 Å². The molecule has 122 valence electrons. The fraction of sp³-hybridized carbons (Fsp3) is 0.333. The maximum atomic E-state index is 11.4. The number of rotatable bonds is 6. The van der Waals surface area contributed by atoms with Gasteiger partial charge < -0.3 is 13.9 Å². The topological polar surface area (TPSA) is 109 Å². The average Bonchev–Trinajstić information content (AvgIpc) is 2.49. The summed E-state index contributed by atoms with van der Waals surface area (Å²) < 4.78 is 15.0. The largest absolute Gasteiger partial charge is 0.475 e. The van der Waals surface area contributed by atoms with E-state index in [1.54, 1.807) is 6.92 Å². The molecular weight excluding hydrogens is 306 g/mol. The highest BCUT2D eigenvalue weighted by molar-refractivity contribution is 5.85. The van der Waals surface area contributed by atoms with Gasteiger partial charge in [-0.3, -0.25) is 10.1 Å². The van der Waals surface area contributed by atoms with Crippen molar-refractivity contribution < 1.29 is 23.6 Å². The minimum atomic E-state index is -0.632. The van der Waals surface area contributed by atoms with Gasteiger partial charge in [-0.25, -0.2) is 9.59 Å². The van der Waals surface area contributed by atoms with E-state index in [9.17, 15) is 19.7 Å². The summed E-state index contributed by atoms with van der Waals surface area (Å²) in [5, 5.41) is 11.6. The van der Waals surface area contributed by atoms with E-state index in [2.05, 4.69) is 0 Å². The Labute approximate surface area is 130 Å². The average molecular weight is 321 g/mol. The number of carbonyl (C=O) groups excluding carboxylic acids is 1. The molecule has 0 unspecified atom stereocenters. The lowest BCUT2D eigenvalue weighted by molar-refractivity contribution is -0.385. The monoisotopic (exact) mass is 321 g/mol. The van der Waals surface area contributed by atoms with Crippen molar-refractivity contribution in [3.63, 3.8) is 0 Å². The quantitative estimate of drug-likeness (QED) is 0.347. The second kappa shape index (κ2) is 6.91. The molecule has 2 aromatic rings. The summed E-state index contributed by atoms with van der Waals surface area (Å²) in [5.74, 6) is -0.795. The zero-order valence-corrected chi connectivity index (χ0v) is 12.7. The van der Waals surface area contributed by atoms with Crippen LogP contribution in [0.15, 0.2) is 27.4 Å². The standard InChI is InChI=1S/C15H15NO7/c1-3-4-21-15(18)8-22-13-7-12-10(6-11(13)16(19)20)9(2)5-14(17)23-12/h5-7H,3-4,8H2,1-2H3. The van der Waals surface area contributed by atoms with Crippen molar-refractivity contribution in [3.8, 4) is 5.75 Å². The minimum Gasteiger partial charge on any atom is -0.475 e. The van der Waals surface area contributed by atoms with Gasteiger partial charge in [-0.15, -0.1) is 0 Å². The van der Waals surface area contributed by atoms with Gasteiger partial charge in [0.2, 0.25) is 5.75 Å². The lowest BCUT2D eigenvalue weighted by Gasteiger charge is -2.08. The van der Waals surface area contributed by atoms with Crippen molar-refractivity contribution >= 4 is 22.6 Å². The molecule has 0 aliphatic carbocycles. The van der Waals surface area contributed by atoms with Crippen molar-refractivity contribution in [2.24, 2.45) is 0 Å². The first kappa shape index (κ1) is 16.5. The van der Waals surface area contributed by atoms with Gasteiger partial charge in [0.1, 0.15) is 5.58 Å². The molecule has 23 heavy (non-hydrogen) atoms. The molecule has 0 saturated carbocycles. The van der Waals surface area contributed by atoms with Gasteiger partial charge in [0.15, 0.2) is 6.61 Å². The highest BCUT2D eigenvalue weighted by atomic mass is 16.6. The van der Waals surface area contributed by atoms with Crippen LogP contribution < -0.4 is 10.4 Å². The predicted octanol–water partition coefficient (Wildman–Crippen LogP) is 2.34. The maximum absolute atomic E-state index is 11.4. The van der Waals surface area contributed by atoms with E-state index in [1.165, 1.54) is 18.2 Å². The summed E-state index contributed by atoms with van der Waals surface area (Å²) in [7, 11) is 0. The smallest absolute Gasteiger partial charge is 0.344 e. The molecule has 0 atom stereocenters. The van der Waals surface area contributed by atoms with Crippen molar-refractivity contribution in [1.29, 1.82) is 0 Å². The Morgan fingerprint density at radius 1 is 1.35 bits per heavy atom. The molecule has 1 heterocycles. The number of fused-ring (bicyclic) bond motifs is 1.